The van der Waals surface area contributed by atoms with Crippen LogP contribution >= 0.6 is 22.6 Å². The van der Waals surface area contributed by atoms with Gasteiger partial charge in [0, 0.05) is 3.92 Å². The molecule has 19 heavy (non-hydrogen) atoms. The van der Waals surface area contributed by atoms with Crippen molar-refractivity contribution in [1.29, 1.82) is 0 Å². The molecular formula is C15H21IO2S. The molecule has 0 heterocycles. The molecule has 0 spiro atoms. The molecule has 0 aromatic heterocycles. The molecule has 0 bridgehead atoms. The smallest absolute Gasteiger partial charge is 0.181 e. The maximum Gasteiger partial charge on any atom is 0.181 e. The molecule has 0 saturated carbocycles. The Kier molecular flexibility index (Phi) is 5.62. The summed E-state index contributed by atoms with van der Waals surface area (Å²) in [6.45, 7) is 8.37. The van der Waals surface area contributed by atoms with Gasteiger partial charge in [-0.25, -0.2) is 8.42 Å². The van der Waals surface area contributed by atoms with E-state index >= 15 is 0 Å². The Bertz CT molecular complexity index is 537. The van der Waals surface area contributed by atoms with E-state index in [9.17, 15) is 8.42 Å². The van der Waals surface area contributed by atoms with Crippen LogP contribution in [0.25, 0.3) is 0 Å². The third-order valence-electron chi connectivity index (χ3n) is 2.83. The highest BCUT2D eigenvalue weighted by Crippen LogP contribution is 2.27. The number of alkyl halides is 1. The van der Waals surface area contributed by atoms with Crippen molar-refractivity contribution in [2.75, 3.05) is 5.75 Å². The normalized spacial score (nSPS) is 14.8. The van der Waals surface area contributed by atoms with Gasteiger partial charge in [-0.3, -0.25) is 0 Å². The van der Waals surface area contributed by atoms with Crippen LogP contribution in [0, 0.1) is 12.3 Å². The number of benzene rings is 1. The summed E-state index contributed by atoms with van der Waals surface area (Å²) in [6.07, 6.45) is 3.74. The van der Waals surface area contributed by atoms with Gasteiger partial charge in [-0.1, -0.05) is 73.2 Å². The Hall–Kier alpha value is -0.360. The van der Waals surface area contributed by atoms with Crippen molar-refractivity contribution in [3.05, 3.63) is 42.0 Å². The molecule has 0 N–H and O–H groups in total. The fraction of sp³-hybridized carbons (Fsp3) is 0.467. The first kappa shape index (κ1) is 16.7. The van der Waals surface area contributed by atoms with Crippen molar-refractivity contribution in [2.45, 2.75) is 36.5 Å². The second-order valence-corrected chi connectivity index (χ2v) is 9.17. The lowest BCUT2D eigenvalue weighted by atomic mass is 9.92. The molecule has 0 amide bonds. The monoisotopic (exact) mass is 392 g/mol. The molecule has 0 saturated heterocycles. The Balaban J connectivity index is 2.77. The number of rotatable bonds is 4. The summed E-state index contributed by atoms with van der Waals surface area (Å²) in [5, 5.41) is 0. The minimum atomic E-state index is -3.21. The van der Waals surface area contributed by atoms with Gasteiger partial charge in [0.1, 0.15) is 0 Å². The molecule has 0 aliphatic carbocycles. The summed E-state index contributed by atoms with van der Waals surface area (Å²) in [4.78, 5) is 0.392. The molecule has 0 aliphatic heterocycles. The van der Waals surface area contributed by atoms with Gasteiger partial charge in [-0.05, 0) is 24.5 Å². The summed E-state index contributed by atoms with van der Waals surface area (Å²) in [6, 6.07) is 6.99. The molecule has 0 fully saturated rings. The van der Waals surface area contributed by atoms with Crippen LogP contribution in [0.5, 0.6) is 0 Å². The highest BCUT2D eigenvalue weighted by atomic mass is 127. The zero-order chi connectivity index (χ0) is 14.7. The van der Waals surface area contributed by atoms with E-state index in [1.54, 1.807) is 18.2 Å². The standard InChI is InChI=1S/C15H21IO2S/c1-12-7-9-13(10-8-12)19(17,18)11-5-6-14(16)15(2,3)4/h5-10,14H,11H2,1-4H3/b6-5+. The Morgan fingerprint density at radius 2 is 1.74 bits per heavy atom. The maximum absolute atomic E-state index is 12.1. The third-order valence-corrected chi connectivity index (χ3v) is 6.73. The Morgan fingerprint density at radius 1 is 1.21 bits per heavy atom. The van der Waals surface area contributed by atoms with Crippen molar-refractivity contribution in [3.63, 3.8) is 0 Å². The van der Waals surface area contributed by atoms with E-state index < -0.39 is 9.84 Å². The maximum atomic E-state index is 12.1. The fourth-order valence-electron chi connectivity index (χ4n) is 1.43. The number of halogens is 1. The fourth-order valence-corrected chi connectivity index (χ4v) is 2.83. The Morgan fingerprint density at radius 3 is 2.21 bits per heavy atom. The first-order valence-corrected chi connectivity index (χ1v) is 9.13. The molecule has 0 radical (unpaired) electrons. The van der Waals surface area contributed by atoms with Gasteiger partial charge in [0.2, 0.25) is 0 Å². The van der Waals surface area contributed by atoms with Crippen LogP contribution in [0.2, 0.25) is 0 Å². The van der Waals surface area contributed by atoms with Crippen LogP contribution in [0.3, 0.4) is 0 Å². The van der Waals surface area contributed by atoms with Crippen LogP contribution in [-0.4, -0.2) is 18.1 Å². The van der Waals surface area contributed by atoms with Crippen molar-refractivity contribution in [1.82, 2.24) is 0 Å². The van der Waals surface area contributed by atoms with Crippen LogP contribution < -0.4 is 0 Å². The number of aryl methyl sites for hydroxylation is 1. The first-order chi connectivity index (χ1) is 8.63. The van der Waals surface area contributed by atoms with Gasteiger partial charge in [0.25, 0.3) is 0 Å². The summed E-state index contributed by atoms with van der Waals surface area (Å²) in [5.74, 6) is 0.0612. The van der Waals surface area contributed by atoms with E-state index in [0.29, 0.717) is 8.82 Å². The lowest BCUT2D eigenvalue weighted by Crippen LogP contribution is -2.17. The topological polar surface area (TPSA) is 34.1 Å². The average molecular weight is 392 g/mol. The SMILES string of the molecule is Cc1ccc(S(=O)(=O)C/C=C/C(I)C(C)(C)C)cc1. The summed E-state index contributed by atoms with van der Waals surface area (Å²) in [7, 11) is -3.21. The van der Waals surface area contributed by atoms with Crippen LogP contribution in [0.1, 0.15) is 26.3 Å². The minimum absolute atomic E-state index is 0.0612. The predicted molar refractivity (Wildman–Crippen MR) is 89.6 cm³/mol. The first-order valence-electron chi connectivity index (χ1n) is 6.23. The van der Waals surface area contributed by atoms with Crippen LogP contribution in [0.4, 0.5) is 0 Å². The Labute approximate surface area is 130 Å². The third kappa shape index (κ3) is 5.26. The van der Waals surface area contributed by atoms with Gasteiger partial charge in [-0.2, -0.15) is 0 Å². The molecule has 1 atom stereocenters. The summed E-state index contributed by atoms with van der Waals surface area (Å²) in [5.41, 5.74) is 1.21. The molecule has 1 rings (SSSR count). The van der Waals surface area contributed by atoms with Gasteiger partial charge in [-0.15, -0.1) is 0 Å². The highest BCUT2D eigenvalue weighted by molar-refractivity contribution is 14.1. The number of allylic oxidation sites excluding steroid dienone is 1. The van der Waals surface area contributed by atoms with Gasteiger partial charge in [0.05, 0.1) is 10.6 Å². The lowest BCUT2D eigenvalue weighted by molar-refractivity contribution is 0.443. The number of hydrogen-bond donors (Lipinski definition) is 0. The average Bonchev–Trinajstić information content (AvgIpc) is 2.28. The van der Waals surface area contributed by atoms with Gasteiger partial charge in [0.15, 0.2) is 9.84 Å². The molecule has 1 aromatic rings. The quantitative estimate of drug-likeness (QED) is 0.438. The number of hydrogen-bond acceptors (Lipinski definition) is 2. The lowest BCUT2D eigenvalue weighted by Gasteiger charge is -2.22. The van der Waals surface area contributed by atoms with E-state index in [0.717, 1.165) is 5.56 Å². The van der Waals surface area contributed by atoms with Gasteiger partial charge >= 0.3 is 0 Å². The predicted octanol–water partition coefficient (Wildman–Crippen LogP) is 4.17. The summed E-state index contributed by atoms with van der Waals surface area (Å²) < 4.78 is 24.6. The molecule has 1 unspecified atom stereocenters. The van der Waals surface area contributed by atoms with Crippen LogP contribution in [0.15, 0.2) is 41.3 Å². The largest absolute Gasteiger partial charge is 0.223 e. The molecule has 106 valence electrons. The second kappa shape index (κ2) is 6.39. The molecular weight excluding hydrogens is 371 g/mol. The molecule has 0 aliphatic rings. The van der Waals surface area contributed by atoms with Crippen molar-refractivity contribution in [3.8, 4) is 0 Å². The zero-order valence-electron chi connectivity index (χ0n) is 11.9. The molecule has 4 heteroatoms. The van der Waals surface area contributed by atoms with E-state index in [2.05, 4.69) is 43.4 Å². The van der Waals surface area contributed by atoms with E-state index in [1.165, 1.54) is 0 Å². The molecule has 1 aromatic carbocycles. The van der Waals surface area contributed by atoms with Crippen molar-refractivity contribution in [2.24, 2.45) is 5.41 Å². The molecule has 2 nitrogen and oxygen atoms in total. The van der Waals surface area contributed by atoms with E-state index in [4.69, 9.17) is 0 Å². The summed E-state index contributed by atoms with van der Waals surface area (Å²) >= 11 is 2.34. The van der Waals surface area contributed by atoms with E-state index in [-0.39, 0.29) is 11.2 Å². The van der Waals surface area contributed by atoms with Crippen molar-refractivity contribution >= 4 is 32.4 Å². The van der Waals surface area contributed by atoms with Crippen molar-refractivity contribution < 1.29 is 8.42 Å². The van der Waals surface area contributed by atoms with E-state index in [1.807, 2.05) is 25.1 Å². The van der Waals surface area contributed by atoms with Crippen LogP contribution in [-0.2, 0) is 9.84 Å². The number of sulfone groups is 1. The highest BCUT2D eigenvalue weighted by Gasteiger charge is 2.19. The zero-order valence-corrected chi connectivity index (χ0v) is 14.8. The minimum Gasteiger partial charge on any atom is -0.223 e. The van der Waals surface area contributed by atoms with Gasteiger partial charge < -0.3 is 0 Å². The second-order valence-electron chi connectivity index (χ2n) is 5.79.